The molecule has 0 aromatic heterocycles. The standard InChI is InChI=1S/C14H14F3NO4/c1-8(19)6-7-11(13(21)22)18-12(20)9-4-2-3-5-10(9)14(15,16)17/h2-5,11H,6-7H2,1H3,(H,18,20)(H,21,22)/t11-/m0/s1. The molecule has 0 aliphatic heterocycles. The van der Waals surface area contributed by atoms with E-state index in [0.717, 1.165) is 18.2 Å². The minimum Gasteiger partial charge on any atom is -0.480 e. The van der Waals surface area contributed by atoms with Crippen molar-refractivity contribution in [2.75, 3.05) is 0 Å². The lowest BCUT2D eigenvalue weighted by molar-refractivity contribution is -0.139. The van der Waals surface area contributed by atoms with Crippen molar-refractivity contribution in [2.24, 2.45) is 0 Å². The second-order valence-electron chi connectivity index (χ2n) is 4.65. The highest BCUT2D eigenvalue weighted by Gasteiger charge is 2.35. The molecule has 0 fully saturated rings. The summed E-state index contributed by atoms with van der Waals surface area (Å²) in [4.78, 5) is 33.8. The highest BCUT2D eigenvalue weighted by atomic mass is 19.4. The van der Waals surface area contributed by atoms with Crippen LogP contribution in [0.25, 0.3) is 0 Å². The number of carboxylic acids is 1. The van der Waals surface area contributed by atoms with E-state index in [4.69, 9.17) is 5.11 Å². The Morgan fingerprint density at radius 2 is 1.82 bits per heavy atom. The molecule has 1 aromatic carbocycles. The van der Waals surface area contributed by atoms with Crippen LogP contribution in [0.15, 0.2) is 24.3 Å². The highest BCUT2D eigenvalue weighted by Crippen LogP contribution is 2.31. The van der Waals surface area contributed by atoms with Gasteiger partial charge in [-0.1, -0.05) is 12.1 Å². The second-order valence-corrected chi connectivity index (χ2v) is 4.65. The number of carbonyl (C=O) groups is 3. The van der Waals surface area contributed by atoms with Gasteiger partial charge < -0.3 is 15.2 Å². The number of carbonyl (C=O) groups excluding carboxylic acids is 2. The fourth-order valence-corrected chi connectivity index (χ4v) is 1.77. The van der Waals surface area contributed by atoms with Crippen molar-refractivity contribution < 1.29 is 32.7 Å². The van der Waals surface area contributed by atoms with Crippen LogP contribution in [0.5, 0.6) is 0 Å². The Bertz CT molecular complexity index is 584. The number of amides is 1. The van der Waals surface area contributed by atoms with Crippen LogP contribution in [0.3, 0.4) is 0 Å². The number of hydrogen-bond acceptors (Lipinski definition) is 3. The highest BCUT2D eigenvalue weighted by molar-refractivity contribution is 5.98. The van der Waals surface area contributed by atoms with Gasteiger partial charge in [-0.3, -0.25) is 4.79 Å². The number of Topliss-reactive ketones (excluding diaryl/α,β-unsaturated/α-hetero) is 1. The molecular weight excluding hydrogens is 303 g/mol. The van der Waals surface area contributed by atoms with E-state index >= 15 is 0 Å². The third-order valence-electron chi connectivity index (χ3n) is 2.87. The van der Waals surface area contributed by atoms with Gasteiger partial charge in [-0.2, -0.15) is 13.2 Å². The molecule has 0 spiro atoms. The number of aliphatic carboxylic acids is 1. The first-order valence-corrected chi connectivity index (χ1v) is 6.32. The van der Waals surface area contributed by atoms with Crippen LogP contribution in [0.4, 0.5) is 13.2 Å². The van der Waals surface area contributed by atoms with Crippen LogP contribution in [-0.2, 0) is 15.8 Å². The van der Waals surface area contributed by atoms with Gasteiger partial charge in [0.15, 0.2) is 0 Å². The molecule has 0 saturated heterocycles. The smallest absolute Gasteiger partial charge is 0.417 e. The van der Waals surface area contributed by atoms with E-state index in [1.807, 2.05) is 5.32 Å². The Kier molecular flexibility index (Phi) is 5.67. The van der Waals surface area contributed by atoms with E-state index in [2.05, 4.69) is 0 Å². The van der Waals surface area contributed by atoms with Crippen LogP contribution < -0.4 is 5.32 Å². The minimum atomic E-state index is -4.73. The molecule has 1 amide bonds. The summed E-state index contributed by atoms with van der Waals surface area (Å²) in [7, 11) is 0. The molecule has 1 rings (SSSR count). The van der Waals surface area contributed by atoms with Gasteiger partial charge in [0.25, 0.3) is 5.91 Å². The summed E-state index contributed by atoms with van der Waals surface area (Å²) in [6, 6.07) is 2.64. The summed E-state index contributed by atoms with van der Waals surface area (Å²) in [5.41, 5.74) is -1.81. The third-order valence-corrected chi connectivity index (χ3v) is 2.87. The summed E-state index contributed by atoms with van der Waals surface area (Å²) in [5.74, 6) is -2.85. The van der Waals surface area contributed by atoms with Gasteiger partial charge in [0.05, 0.1) is 11.1 Å². The number of hydrogen-bond donors (Lipinski definition) is 2. The van der Waals surface area contributed by atoms with Crippen molar-refractivity contribution in [3.63, 3.8) is 0 Å². The molecule has 1 atom stereocenters. The summed E-state index contributed by atoms with van der Waals surface area (Å²) in [5, 5.41) is 11.0. The van der Waals surface area contributed by atoms with Crippen molar-refractivity contribution in [3.8, 4) is 0 Å². The van der Waals surface area contributed by atoms with E-state index in [1.54, 1.807) is 0 Å². The first kappa shape index (κ1) is 17.7. The van der Waals surface area contributed by atoms with Gasteiger partial charge in [0.1, 0.15) is 11.8 Å². The summed E-state index contributed by atoms with van der Waals surface area (Å²) >= 11 is 0. The molecule has 0 aliphatic rings. The molecule has 120 valence electrons. The largest absolute Gasteiger partial charge is 0.480 e. The molecule has 5 nitrogen and oxygen atoms in total. The fraction of sp³-hybridized carbons (Fsp3) is 0.357. The molecule has 8 heteroatoms. The lowest BCUT2D eigenvalue weighted by Crippen LogP contribution is -2.41. The van der Waals surface area contributed by atoms with Crippen molar-refractivity contribution in [1.29, 1.82) is 0 Å². The van der Waals surface area contributed by atoms with Gasteiger partial charge in [0.2, 0.25) is 0 Å². The number of halogens is 3. The molecular formula is C14H14F3NO4. The quantitative estimate of drug-likeness (QED) is 0.843. The van der Waals surface area contributed by atoms with Gasteiger partial charge in [-0.25, -0.2) is 4.79 Å². The maximum atomic E-state index is 12.8. The maximum Gasteiger partial charge on any atom is 0.417 e. The monoisotopic (exact) mass is 317 g/mol. The minimum absolute atomic E-state index is 0.0990. The van der Waals surface area contributed by atoms with Crippen LogP contribution >= 0.6 is 0 Å². The average molecular weight is 317 g/mol. The Balaban J connectivity index is 2.96. The molecule has 0 radical (unpaired) electrons. The van der Waals surface area contributed by atoms with Crippen LogP contribution in [0.1, 0.15) is 35.7 Å². The Morgan fingerprint density at radius 1 is 1.23 bits per heavy atom. The van der Waals surface area contributed by atoms with Gasteiger partial charge >= 0.3 is 12.1 Å². The summed E-state index contributed by atoms with van der Waals surface area (Å²) < 4.78 is 38.5. The van der Waals surface area contributed by atoms with Crippen molar-refractivity contribution in [3.05, 3.63) is 35.4 Å². The van der Waals surface area contributed by atoms with Crippen molar-refractivity contribution in [2.45, 2.75) is 32.0 Å². The van der Waals surface area contributed by atoms with E-state index < -0.39 is 35.2 Å². The van der Waals surface area contributed by atoms with Crippen molar-refractivity contribution in [1.82, 2.24) is 5.32 Å². The number of ketones is 1. The van der Waals surface area contributed by atoms with Gasteiger partial charge in [0, 0.05) is 6.42 Å². The molecule has 0 unspecified atom stereocenters. The second kappa shape index (κ2) is 7.06. The summed E-state index contributed by atoms with van der Waals surface area (Å²) in [6.07, 6.45) is -5.02. The molecule has 0 bridgehead atoms. The SMILES string of the molecule is CC(=O)CC[C@H](NC(=O)c1ccccc1C(F)(F)F)C(=O)O. The molecule has 0 heterocycles. The number of rotatable bonds is 6. The fourth-order valence-electron chi connectivity index (χ4n) is 1.77. The number of carboxylic acid groups (broad SMARTS) is 1. The number of alkyl halides is 3. The average Bonchev–Trinajstić information content (AvgIpc) is 2.41. The molecule has 0 saturated carbocycles. The Hall–Kier alpha value is -2.38. The van der Waals surface area contributed by atoms with Crippen LogP contribution in [0.2, 0.25) is 0 Å². The Morgan fingerprint density at radius 3 is 2.32 bits per heavy atom. The van der Waals surface area contributed by atoms with E-state index in [0.29, 0.717) is 0 Å². The van der Waals surface area contributed by atoms with Crippen LogP contribution in [0, 0.1) is 0 Å². The Labute approximate surface area is 124 Å². The number of benzene rings is 1. The zero-order valence-electron chi connectivity index (χ0n) is 11.6. The molecule has 1 aromatic rings. The zero-order chi connectivity index (χ0) is 16.9. The molecule has 0 aliphatic carbocycles. The lowest BCUT2D eigenvalue weighted by Gasteiger charge is -2.16. The van der Waals surface area contributed by atoms with E-state index in [-0.39, 0.29) is 18.6 Å². The molecule has 2 N–H and O–H groups in total. The van der Waals surface area contributed by atoms with E-state index in [1.165, 1.54) is 13.0 Å². The predicted molar refractivity (Wildman–Crippen MR) is 70.2 cm³/mol. The van der Waals surface area contributed by atoms with E-state index in [9.17, 15) is 27.6 Å². The topological polar surface area (TPSA) is 83.5 Å². The number of nitrogens with one attached hydrogen (secondary N) is 1. The first-order valence-electron chi connectivity index (χ1n) is 6.32. The normalized spacial score (nSPS) is 12.5. The predicted octanol–water partition coefficient (Wildman–Crippen LogP) is 2.26. The lowest BCUT2D eigenvalue weighted by atomic mass is 10.0. The van der Waals surface area contributed by atoms with Gasteiger partial charge in [-0.05, 0) is 25.5 Å². The zero-order valence-corrected chi connectivity index (χ0v) is 11.6. The maximum absolute atomic E-state index is 12.8. The van der Waals surface area contributed by atoms with Gasteiger partial charge in [-0.15, -0.1) is 0 Å². The molecule has 22 heavy (non-hydrogen) atoms. The van der Waals surface area contributed by atoms with Crippen molar-refractivity contribution >= 4 is 17.7 Å². The summed E-state index contributed by atoms with van der Waals surface area (Å²) in [6.45, 7) is 1.25. The van der Waals surface area contributed by atoms with Crippen LogP contribution in [-0.4, -0.2) is 28.8 Å². The third kappa shape index (κ3) is 4.87. The first-order chi connectivity index (χ1) is 10.1.